The molecule has 0 radical (unpaired) electrons. The minimum absolute atomic E-state index is 0.662. The Hall–Kier alpha value is -2.79. The van der Waals surface area contributed by atoms with Crippen molar-refractivity contribution in [3.63, 3.8) is 0 Å². The molecule has 0 fully saturated rings. The van der Waals surface area contributed by atoms with Crippen LogP contribution in [0.2, 0.25) is 0 Å². The van der Waals surface area contributed by atoms with Crippen LogP contribution in [0.4, 0.5) is 17.1 Å². The van der Waals surface area contributed by atoms with Crippen molar-refractivity contribution in [2.75, 3.05) is 11.9 Å². The van der Waals surface area contributed by atoms with Gasteiger partial charge in [-0.1, -0.05) is 42.5 Å². The van der Waals surface area contributed by atoms with E-state index in [-0.39, 0.29) is 0 Å². The predicted octanol–water partition coefficient (Wildman–Crippen LogP) is 5.16. The van der Waals surface area contributed by atoms with E-state index in [1.54, 1.807) is 0 Å². The van der Waals surface area contributed by atoms with Gasteiger partial charge < -0.3 is 4.90 Å². The number of rotatable bonds is 2. The molecule has 3 rings (SSSR count). The zero-order valence-corrected chi connectivity index (χ0v) is 11.2. The molecule has 96 valence electrons. The monoisotopic (exact) mass is 258 g/mol. The van der Waals surface area contributed by atoms with Gasteiger partial charge in [-0.25, -0.2) is 4.85 Å². The van der Waals surface area contributed by atoms with Gasteiger partial charge in [0.2, 0.25) is 0 Å². The molecule has 0 N–H and O–H groups in total. The molecular formula is C18H14N2. The summed E-state index contributed by atoms with van der Waals surface area (Å²) in [5, 5.41) is 2.46. The summed E-state index contributed by atoms with van der Waals surface area (Å²) in [5.41, 5.74) is 2.80. The van der Waals surface area contributed by atoms with Gasteiger partial charge in [0.15, 0.2) is 5.69 Å². The molecule has 0 atom stereocenters. The van der Waals surface area contributed by atoms with E-state index >= 15 is 0 Å². The Bertz CT molecular complexity index is 800. The molecule has 0 aliphatic heterocycles. The van der Waals surface area contributed by atoms with Crippen molar-refractivity contribution in [2.24, 2.45) is 0 Å². The average Bonchev–Trinajstić information content (AvgIpc) is 2.53. The minimum atomic E-state index is 0.662. The first-order chi connectivity index (χ1) is 9.78. The third-order valence-electron chi connectivity index (χ3n) is 3.47. The molecule has 0 aromatic heterocycles. The lowest BCUT2D eigenvalue weighted by molar-refractivity contribution is 1.21. The van der Waals surface area contributed by atoms with E-state index in [2.05, 4.69) is 40.1 Å². The molecule has 0 saturated heterocycles. The zero-order valence-electron chi connectivity index (χ0n) is 11.2. The topological polar surface area (TPSA) is 7.60 Å². The maximum absolute atomic E-state index is 7.10. The lowest BCUT2D eigenvalue weighted by Crippen LogP contribution is -2.08. The highest BCUT2D eigenvalue weighted by Crippen LogP contribution is 2.29. The summed E-state index contributed by atoms with van der Waals surface area (Å²) in [5.74, 6) is 0. The normalized spacial score (nSPS) is 10.2. The Kier molecular flexibility index (Phi) is 3.10. The smallest absolute Gasteiger partial charge is 0.189 e. The summed E-state index contributed by atoms with van der Waals surface area (Å²) in [4.78, 5) is 5.58. The first-order valence-corrected chi connectivity index (χ1v) is 6.48. The second kappa shape index (κ2) is 5.07. The van der Waals surface area contributed by atoms with Gasteiger partial charge >= 0.3 is 0 Å². The van der Waals surface area contributed by atoms with Crippen molar-refractivity contribution >= 4 is 27.8 Å². The van der Waals surface area contributed by atoms with Crippen LogP contribution in [0.25, 0.3) is 15.6 Å². The average molecular weight is 258 g/mol. The van der Waals surface area contributed by atoms with E-state index < -0.39 is 0 Å². The zero-order chi connectivity index (χ0) is 13.9. The fourth-order valence-electron chi connectivity index (χ4n) is 2.31. The van der Waals surface area contributed by atoms with E-state index in [1.165, 1.54) is 10.8 Å². The summed E-state index contributed by atoms with van der Waals surface area (Å²) >= 11 is 0. The van der Waals surface area contributed by atoms with Crippen LogP contribution in [0.5, 0.6) is 0 Å². The first-order valence-electron chi connectivity index (χ1n) is 6.48. The Morgan fingerprint density at radius 2 is 1.55 bits per heavy atom. The number of anilines is 2. The lowest BCUT2D eigenvalue weighted by Gasteiger charge is -2.20. The second-order valence-electron chi connectivity index (χ2n) is 4.72. The Morgan fingerprint density at radius 3 is 2.35 bits per heavy atom. The van der Waals surface area contributed by atoms with Gasteiger partial charge in [-0.3, -0.25) is 0 Å². The molecule has 0 saturated carbocycles. The minimum Gasteiger partial charge on any atom is -0.346 e. The largest absolute Gasteiger partial charge is 0.346 e. The standard InChI is InChI=1S/C18H14N2/c1-19-16-8-5-9-17(13-16)20(2)18-11-10-14-6-3-4-7-15(14)12-18/h3-13H,2H3. The summed E-state index contributed by atoms with van der Waals surface area (Å²) < 4.78 is 0. The number of nitrogens with zero attached hydrogens (tertiary/aromatic N) is 2. The molecule has 0 amide bonds. The van der Waals surface area contributed by atoms with Gasteiger partial charge in [0.05, 0.1) is 6.57 Å². The molecule has 0 bridgehead atoms. The molecule has 3 aromatic rings. The Morgan fingerprint density at radius 1 is 0.800 bits per heavy atom. The molecule has 20 heavy (non-hydrogen) atoms. The van der Waals surface area contributed by atoms with Crippen LogP contribution < -0.4 is 4.90 Å². The van der Waals surface area contributed by atoms with Crippen LogP contribution in [0, 0.1) is 6.57 Å². The highest BCUT2D eigenvalue weighted by atomic mass is 15.1. The van der Waals surface area contributed by atoms with Crippen molar-refractivity contribution in [2.45, 2.75) is 0 Å². The molecule has 2 nitrogen and oxygen atoms in total. The second-order valence-corrected chi connectivity index (χ2v) is 4.72. The van der Waals surface area contributed by atoms with Crippen LogP contribution in [0.1, 0.15) is 0 Å². The highest BCUT2D eigenvalue weighted by Gasteiger charge is 2.05. The van der Waals surface area contributed by atoms with Crippen LogP contribution in [0.15, 0.2) is 66.7 Å². The number of hydrogen-bond donors (Lipinski definition) is 0. The van der Waals surface area contributed by atoms with Crippen molar-refractivity contribution < 1.29 is 0 Å². The van der Waals surface area contributed by atoms with E-state index in [0.717, 1.165) is 11.4 Å². The molecule has 0 aliphatic rings. The number of benzene rings is 3. The molecule has 2 heteroatoms. The van der Waals surface area contributed by atoms with Crippen LogP contribution in [-0.2, 0) is 0 Å². The van der Waals surface area contributed by atoms with Gasteiger partial charge in [-0.15, -0.1) is 0 Å². The van der Waals surface area contributed by atoms with Gasteiger partial charge in [-0.2, -0.15) is 0 Å². The molecule has 0 unspecified atom stereocenters. The van der Waals surface area contributed by atoms with Gasteiger partial charge in [0.1, 0.15) is 0 Å². The first kappa shape index (κ1) is 12.3. The third kappa shape index (κ3) is 2.22. The molecule has 0 heterocycles. The Labute approximate surface area is 118 Å². The molecule has 0 aliphatic carbocycles. The molecular weight excluding hydrogens is 244 g/mol. The maximum Gasteiger partial charge on any atom is 0.189 e. The van der Waals surface area contributed by atoms with Gasteiger partial charge in [-0.05, 0) is 35.0 Å². The van der Waals surface area contributed by atoms with Crippen LogP contribution >= 0.6 is 0 Å². The van der Waals surface area contributed by atoms with Gasteiger partial charge in [0.25, 0.3) is 0 Å². The highest BCUT2D eigenvalue weighted by molar-refractivity contribution is 5.87. The number of fused-ring (bicyclic) bond motifs is 1. The van der Waals surface area contributed by atoms with E-state index in [9.17, 15) is 0 Å². The van der Waals surface area contributed by atoms with Crippen LogP contribution in [0.3, 0.4) is 0 Å². The van der Waals surface area contributed by atoms with Crippen molar-refractivity contribution in [3.8, 4) is 0 Å². The number of hydrogen-bond acceptors (Lipinski definition) is 1. The Balaban J connectivity index is 2.03. The van der Waals surface area contributed by atoms with E-state index in [1.807, 2.05) is 43.4 Å². The van der Waals surface area contributed by atoms with Crippen LogP contribution in [-0.4, -0.2) is 7.05 Å². The van der Waals surface area contributed by atoms with Crippen molar-refractivity contribution in [1.82, 2.24) is 0 Å². The quantitative estimate of drug-likeness (QED) is 0.576. The fraction of sp³-hybridized carbons (Fsp3) is 0.0556. The van der Waals surface area contributed by atoms with Crippen molar-refractivity contribution in [1.29, 1.82) is 0 Å². The maximum atomic E-state index is 7.10. The molecule has 3 aromatic carbocycles. The third-order valence-corrected chi connectivity index (χ3v) is 3.47. The molecule has 0 spiro atoms. The summed E-state index contributed by atoms with van der Waals surface area (Å²) in [6, 6.07) is 22.4. The van der Waals surface area contributed by atoms with E-state index in [0.29, 0.717) is 5.69 Å². The fourth-order valence-corrected chi connectivity index (χ4v) is 2.31. The van der Waals surface area contributed by atoms with Gasteiger partial charge in [0, 0.05) is 18.4 Å². The van der Waals surface area contributed by atoms with E-state index in [4.69, 9.17) is 6.57 Å². The SMILES string of the molecule is [C-]#[N+]c1cccc(N(C)c2ccc3ccccc3c2)c1. The summed E-state index contributed by atoms with van der Waals surface area (Å²) in [6.45, 7) is 7.10. The summed E-state index contributed by atoms with van der Waals surface area (Å²) in [7, 11) is 2.02. The summed E-state index contributed by atoms with van der Waals surface area (Å²) in [6.07, 6.45) is 0. The van der Waals surface area contributed by atoms with Crippen molar-refractivity contribution in [3.05, 3.63) is 78.1 Å². The predicted molar refractivity (Wildman–Crippen MR) is 84.7 cm³/mol. The lowest BCUT2D eigenvalue weighted by atomic mass is 10.1.